The number of halogens is 1. The quantitative estimate of drug-likeness (QED) is 0.521. The van der Waals surface area contributed by atoms with Crippen molar-refractivity contribution in [3.8, 4) is 0 Å². The lowest BCUT2D eigenvalue weighted by Crippen LogP contribution is -3.30. The second-order valence-corrected chi connectivity index (χ2v) is 9.62. The molecule has 2 fully saturated rings. The standard InChI is InChI=1S/C23H35ClN4O2/c1-16-7-6-10-20(17(16)2)26-23(30)18(3)28-13-11-27(12-14-28)15-22(29)25-21-9-5-4-8-19(21)24/h4-5,8-9,16-18,20H,6-7,10-15H2,1-3H3,(H,25,29)(H,26,30)/p+2/t16-,17-,18-,20+/m1/s1. The number of para-hydroxylation sites is 1. The van der Waals surface area contributed by atoms with E-state index in [-0.39, 0.29) is 17.9 Å². The molecular formula is C23H37ClN4O2+2. The van der Waals surface area contributed by atoms with E-state index in [9.17, 15) is 9.59 Å². The van der Waals surface area contributed by atoms with Crippen molar-refractivity contribution in [2.24, 2.45) is 11.8 Å². The van der Waals surface area contributed by atoms with Crippen LogP contribution >= 0.6 is 11.6 Å². The molecule has 1 aliphatic heterocycles. The fourth-order valence-corrected chi connectivity index (χ4v) is 4.98. The summed E-state index contributed by atoms with van der Waals surface area (Å²) in [6.07, 6.45) is 3.57. The van der Waals surface area contributed by atoms with Crippen LogP contribution in [0.15, 0.2) is 24.3 Å². The maximum atomic E-state index is 12.8. The maximum absolute atomic E-state index is 12.8. The van der Waals surface area contributed by atoms with E-state index in [1.54, 1.807) is 6.07 Å². The Morgan fingerprint density at radius 3 is 2.53 bits per heavy atom. The van der Waals surface area contributed by atoms with Crippen LogP contribution in [0.5, 0.6) is 0 Å². The number of hydrogen-bond donors (Lipinski definition) is 4. The van der Waals surface area contributed by atoms with Crippen LogP contribution in [0.2, 0.25) is 5.02 Å². The number of benzene rings is 1. The Labute approximate surface area is 185 Å². The molecule has 3 rings (SSSR count). The summed E-state index contributed by atoms with van der Waals surface area (Å²) in [6.45, 7) is 10.6. The van der Waals surface area contributed by atoms with Gasteiger partial charge in [-0.2, -0.15) is 0 Å². The molecule has 30 heavy (non-hydrogen) atoms. The van der Waals surface area contributed by atoms with Crippen molar-refractivity contribution >= 4 is 29.1 Å². The van der Waals surface area contributed by atoms with E-state index in [0.717, 1.165) is 32.6 Å². The Morgan fingerprint density at radius 1 is 1.13 bits per heavy atom. The van der Waals surface area contributed by atoms with Crippen molar-refractivity contribution in [3.05, 3.63) is 29.3 Å². The van der Waals surface area contributed by atoms with Crippen LogP contribution in [0.3, 0.4) is 0 Å². The summed E-state index contributed by atoms with van der Waals surface area (Å²) in [5.41, 5.74) is 0.657. The molecule has 4 atom stereocenters. The highest BCUT2D eigenvalue weighted by Gasteiger charge is 2.34. The summed E-state index contributed by atoms with van der Waals surface area (Å²) in [6, 6.07) is 7.55. The second kappa shape index (κ2) is 10.6. The van der Waals surface area contributed by atoms with Crippen LogP contribution in [-0.4, -0.2) is 56.6 Å². The SMILES string of the molecule is C[C@@H]1[C@H](C)CCC[C@@H]1NC(=O)[C@@H](C)[NH+]1CC[NH+](CC(=O)Nc2ccccc2Cl)CC1. The number of anilines is 1. The Morgan fingerprint density at radius 2 is 1.83 bits per heavy atom. The number of amides is 2. The summed E-state index contributed by atoms with van der Waals surface area (Å²) in [7, 11) is 0. The van der Waals surface area contributed by atoms with E-state index in [0.29, 0.717) is 35.1 Å². The van der Waals surface area contributed by atoms with Crippen molar-refractivity contribution in [2.75, 3.05) is 38.0 Å². The van der Waals surface area contributed by atoms with E-state index in [1.807, 2.05) is 25.1 Å². The van der Waals surface area contributed by atoms with E-state index < -0.39 is 0 Å². The van der Waals surface area contributed by atoms with Crippen LogP contribution in [-0.2, 0) is 9.59 Å². The maximum Gasteiger partial charge on any atom is 0.279 e. The Hall–Kier alpha value is -1.63. The molecule has 1 heterocycles. The molecule has 1 aromatic rings. The molecule has 0 unspecified atom stereocenters. The fourth-order valence-electron chi connectivity index (χ4n) is 4.80. The van der Waals surface area contributed by atoms with Crippen LogP contribution in [0.1, 0.15) is 40.0 Å². The van der Waals surface area contributed by atoms with Crippen LogP contribution in [0, 0.1) is 11.8 Å². The highest BCUT2D eigenvalue weighted by molar-refractivity contribution is 6.33. The molecule has 0 radical (unpaired) electrons. The van der Waals surface area contributed by atoms with E-state index in [4.69, 9.17) is 11.6 Å². The lowest BCUT2D eigenvalue weighted by atomic mass is 9.78. The van der Waals surface area contributed by atoms with Crippen molar-refractivity contribution in [1.82, 2.24) is 5.32 Å². The van der Waals surface area contributed by atoms with Gasteiger partial charge in [0.2, 0.25) is 0 Å². The number of carbonyl (C=O) groups is 2. The topological polar surface area (TPSA) is 67.1 Å². The molecule has 1 saturated carbocycles. The number of rotatable bonds is 6. The number of quaternary nitrogens is 2. The first-order valence-electron chi connectivity index (χ1n) is 11.4. The smallest absolute Gasteiger partial charge is 0.279 e. The van der Waals surface area contributed by atoms with Crippen molar-refractivity contribution < 1.29 is 19.4 Å². The van der Waals surface area contributed by atoms with E-state index in [1.165, 1.54) is 22.6 Å². The van der Waals surface area contributed by atoms with Gasteiger partial charge in [0, 0.05) is 6.04 Å². The molecule has 4 N–H and O–H groups in total. The second-order valence-electron chi connectivity index (χ2n) is 9.22. The van der Waals surface area contributed by atoms with Gasteiger partial charge in [-0.05, 0) is 37.3 Å². The molecule has 166 valence electrons. The van der Waals surface area contributed by atoms with Gasteiger partial charge in [0.1, 0.15) is 26.2 Å². The molecular weight excluding hydrogens is 400 g/mol. The predicted octanol–water partition coefficient (Wildman–Crippen LogP) is 0.391. The van der Waals surface area contributed by atoms with Crippen LogP contribution < -0.4 is 20.4 Å². The molecule has 7 heteroatoms. The molecule has 1 saturated heterocycles. The Kier molecular flexibility index (Phi) is 8.14. The number of piperazine rings is 1. The molecule has 1 aliphatic carbocycles. The zero-order chi connectivity index (χ0) is 21.7. The van der Waals surface area contributed by atoms with Gasteiger partial charge in [-0.15, -0.1) is 0 Å². The van der Waals surface area contributed by atoms with E-state index >= 15 is 0 Å². The zero-order valence-electron chi connectivity index (χ0n) is 18.5. The molecule has 2 aliphatic rings. The number of hydrogen-bond acceptors (Lipinski definition) is 2. The molecule has 0 spiro atoms. The van der Waals surface area contributed by atoms with Gasteiger partial charge in [0.05, 0.1) is 10.7 Å². The summed E-state index contributed by atoms with van der Waals surface area (Å²) >= 11 is 6.12. The van der Waals surface area contributed by atoms with Gasteiger partial charge in [0.15, 0.2) is 12.6 Å². The van der Waals surface area contributed by atoms with Gasteiger partial charge in [-0.1, -0.05) is 50.4 Å². The minimum atomic E-state index is -0.0482. The third kappa shape index (κ3) is 5.96. The monoisotopic (exact) mass is 436 g/mol. The Balaban J connectivity index is 1.42. The van der Waals surface area contributed by atoms with Crippen LogP contribution in [0.25, 0.3) is 0 Å². The molecule has 0 aromatic heterocycles. The van der Waals surface area contributed by atoms with Crippen molar-refractivity contribution in [1.29, 1.82) is 0 Å². The minimum Gasteiger partial charge on any atom is -0.348 e. The summed E-state index contributed by atoms with van der Waals surface area (Å²) < 4.78 is 0. The van der Waals surface area contributed by atoms with Gasteiger partial charge in [-0.3, -0.25) is 9.59 Å². The number of carbonyl (C=O) groups excluding carboxylic acids is 2. The fraction of sp³-hybridized carbons (Fsp3) is 0.652. The van der Waals surface area contributed by atoms with Crippen LogP contribution in [0.4, 0.5) is 5.69 Å². The predicted molar refractivity (Wildman–Crippen MR) is 120 cm³/mol. The van der Waals surface area contributed by atoms with Crippen molar-refractivity contribution in [2.45, 2.75) is 52.1 Å². The van der Waals surface area contributed by atoms with Gasteiger partial charge >= 0.3 is 0 Å². The molecule has 2 amide bonds. The minimum absolute atomic E-state index is 0.0206. The first-order chi connectivity index (χ1) is 14.3. The first-order valence-corrected chi connectivity index (χ1v) is 11.8. The zero-order valence-corrected chi connectivity index (χ0v) is 19.2. The molecule has 6 nitrogen and oxygen atoms in total. The van der Waals surface area contributed by atoms with Crippen molar-refractivity contribution in [3.63, 3.8) is 0 Å². The largest absolute Gasteiger partial charge is 0.348 e. The third-order valence-electron chi connectivity index (χ3n) is 7.20. The Bertz CT molecular complexity index is 736. The van der Waals surface area contributed by atoms with Gasteiger partial charge < -0.3 is 20.4 Å². The third-order valence-corrected chi connectivity index (χ3v) is 7.53. The summed E-state index contributed by atoms with van der Waals surface area (Å²) in [4.78, 5) is 27.8. The molecule has 1 aromatic carbocycles. The summed E-state index contributed by atoms with van der Waals surface area (Å²) in [5.74, 6) is 1.38. The lowest BCUT2D eigenvalue weighted by Gasteiger charge is -2.36. The average molecular weight is 437 g/mol. The molecule has 0 bridgehead atoms. The summed E-state index contributed by atoms with van der Waals surface area (Å²) in [5, 5.41) is 6.78. The van der Waals surface area contributed by atoms with Gasteiger partial charge in [-0.25, -0.2) is 0 Å². The first kappa shape index (κ1) is 23.0. The normalized spacial score (nSPS) is 30.3. The highest BCUT2D eigenvalue weighted by Crippen LogP contribution is 2.29. The average Bonchev–Trinajstić information content (AvgIpc) is 2.73. The lowest BCUT2D eigenvalue weighted by molar-refractivity contribution is -1.01. The van der Waals surface area contributed by atoms with E-state index in [2.05, 4.69) is 24.5 Å². The highest BCUT2D eigenvalue weighted by atomic mass is 35.5. The number of nitrogens with one attached hydrogen (secondary N) is 4. The van der Waals surface area contributed by atoms with Gasteiger partial charge in [0.25, 0.3) is 11.8 Å².